The predicted octanol–water partition coefficient (Wildman–Crippen LogP) is 3.63. The summed E-state index contributed by atoms with van der Waals surface area (Å²) in [7, 11) is 1.99. The molecule has 1 aromatic heterocycles. The van der Waals surface area contributed by atoms with Crippen LogP contribution >= 0.6 is 11.6 Å². The first-order chi connectivity index (χ1) is 8.58. The summed E-state index contributed by atoms with van der Waals surface area (Å²) in [6.45, 7) is 6.31. The van der Waals surface area contributed by atoms with Gasteiger partial charge in [0.15, 0.2) is 0 Å². The number of nitrogens with zero attached hydrogens (tertiary/aromatic N) is 3. The summed E-state index contributed by atoms with van der Waals surface area (Å²) >= 11 is 6.04. The first-order valence-electron chi connectivity index (χ1n) is 6.52. The summed E-state index contributed by atoms with van der Waals surface area (Å²) < 4.78 is 2.01. The van der Waals surface area contributed by atoms with Gasteiger partial charge >= 0.3 is 0 Å². The number of allylic oxidation sites excluding steroid dienone is 2. The Morgan fingerprint density at radius 2 is 2.17 bits per heavy atom. The maximum atomic E-state index is 6.04. The van der Waals surface area contributed by atoms with Crippen LogP contribution in [0.5, 0.6) is 0 Å². The van der Waals surface area contributed by atoms with Crippen molar-refractivity contribution in [3.8, 4) is 0 Å². The summed E-state index contributed by atoms with van der Waals surface area (Å²) in [5, 5.41) is 0.513. The van der Waals surface area contributed by atoms with Gasteiger partial charge in [-0.05, 0) is 19.8 Å². The topological polar surface area (TPSA) is 30.2 Å². The molecule has 0 bridgehead atoms. The molecular formula is C14H22ClN3. The van der Waals surface area contributed by atoms with Crippen LogP contribution in [0.25, 0.3) is 0 Å². The zero-order valence-electron chi connectivity index (χ0n) is 11.7. The number of aryl methyl sites for hydroxylation is 1. The molecule has 4 heteroatoms. The fraction of sp³-hybridized carbons (Fsp3) is 0.571. The molecule has 0 fully saturated rings. The number of halogens is 1. The van der Waals surface area contributed by atoms with Gasteiger partial charge in [0.1, 0.15) is 16.5 Å². The molecule has 1 heterocycles. The highest BCUT2D eigenvalue weighted by Gasteiger charge is 2.02. The Bertz CT molecular complexity index is 486. The Hall–Kier alpha value is -1.09. The fourth-order valence-electron chi connectivity index (χ4n) is 1.70. The van der Waals surface area contributed by atoms with Crippen LogP contribution in [-0.2, 0) is 13.5 Å². The molecule has 0 unspecified atom stereocenters. The second-order valence-corrected chi connectivity index (χ2v) is 4.80. The number of hydrogen-bond donors (Lipinski definition) is 0. The summed E-state index contributed by atoms with van der Waals surface area (Å²) in [6.07, 6.45) is 6.30. The highest BCUT2D eigenvalue weighted by atomic mass is 35.5. The number of hydrogen-bond acceptors (Lipinski definition) is 2. The summed E-state index contributed by atoms with van der Waals surface area (Å²) in [5.74, 6) is 0.979. The monoisotopic (exact) mass is 267 g/mol. The van der Waals surface area contributed by atoms with E-state index in [0.29, 0.717) is 5.15 Å². The molecule has 0 amide bonds. The number of unbranched alkanes of at least 4 members (excludes halogenated alkanes) is 1. The molecule has 0 aliphatic rings. The maximum absolute atomic E-state index is 6.04. The van der Waals surface area contributed by atoms with E-state index in [1.54, 1.807) is 0 Å². The molecule has 1 aromatic rings. The van der Waals surface area contributed by atoms with E-state index < -0.39 is 0 Å². The van der Waals surface area contributed by atoms with E-state index in [1.807, 2.05) is 24.6 Å². The molecule has 0 aliphatic heterocycles. The third kappa shape index (κ3) is 4.30. The van der Waals surface area contributed by atoms with Gasteiger partial charge in [-0.15, -0.1) is 0 Å². The van der Waals surface area contributed by atoms with Gasteiger partial charge in [-0.3, -0.25) is 0 Å². The Morgan fingerprint density at radius 1 is 1.44 bits per heavy atom. The van der Waals surface area contributed by atoms with Crippen molar-refractivity contribution in [1.82, 2.24) is 9.55 Å². The van der Waals surface area contributed by atoms with Crippen LogP contribution in [-0.4, -0.2) is 9.55 Å². The Balaban J connectivity index is 3.19. The summed E-state index contributed by atoms with van der Waals surface area (Å²) in [5.41, 5.74) is 1.89. The van der Waals surface area contributed by atoms with Crippen molar-refractivity contribution in [1.29, 1.82) is 0 Å². The van der Waals surface area contributed by atoms with Crippen molar-refractivity contribution in [2.45, 2.75) is 46.5 Å². The van der Waals surface area contributed by atoms with Gasteiger partial charge in [0.25, 0.3) is 0 Å². The van der Waals surface area contributed by atoms with Gasteiger partial charge in [-0.1, -0.05) is 37.9 Å². The largest absolute Gasteiger partial charge is 0.318 e. The zero-order chi connectivity index (χ0) is 13.5. The minimum absolute atomic E-state index is 0.513. The Labute approximate surface area is 114 Å². The third-order valence-electron chi connectivity index (χ3n) is 2.71. The molecule has 18 heavy (non-hydrogen) atoms. The lowest BCUT2D eigenvalue weighted by Gasteiger charge is -2.08. The second-order valence-electron chi connectivity index (χ2n) is 4.41. The normalized spacial score (nSPS) is 13.2. The van der Waals surface area contributed by atoms with Crippen LogP contribution in [0.15, 0.2) is 22.8 Å². The molecule has 0 atom stereocenters. The van der Waals surface area contributed by atoms with Crippen LogP contribution in [0.1, 0.15) is 45.9 Å². The molecule has 0 radical (unpaired) electrons. The molecule has 0 saturated carbocycles. The van der Waals surface area contributed by atoms with Gasteiger partial charge < -0.3 is 4.57 Å². The quantitative estimate of drug-likeness (QED) is 0.750. The van der Waals surface area contributed by atoms with Crippen LogP contribution in [0.3, 0.4) is 0 Å². The molecule has 0 spiro atoms. The van der Waals surface area contributed by atoms with E-state index >= 15 is 0 Å². The standard InChI is InChI=1S/C14H22ClN3/c1-5-7-9-11(3)16-14-10-12(15)17-13(8-6-2)18(14)4/h9-10H,5-8H2,1-4H3/b11-9+,16-14?. The van der Waals surface area contributed by atoms with E-state index in [4.69, 9.17) is 11.6 Å². The molecule has 1 rings (SSSR count). The predicted molar refractivity (Wildman–Crippen MR) is 76.4 cm³/mol. The minimum atomic E-state index is 0.513. The number of aromatic nitrogens is 2. The van der Waals surface area contributed by atoms with Crippen LogP contribution in [0, 0.1) is 0 Å². The Morgan fingerprint density at radius 3 is 2.78 bits per heavy atom. The first-order valence-corrected chi connectivity index (χ1v) is 6.90. The molecule has 0 aliphatic carbocycles. The van der Waals surface area contributed by atoms with E-state index in [-0.39, 0.29) is 0 Å². The molecule has 3 nitrogen and oxygen atoms in total. The average Bonchev–Trinajstić information content (AvgIpc) is 2.32. The number of rotatable bonds is 5. The van der Waals surface area contributed by atoms with Crippen LogP contribution in [0.4, 0.5) is 0 Å². The summed E-state index contributed by atoms with van der Waals surface area (Å²) in [4.78, 5) is 8.94. The van der Waals surface area contributed by atoms with Gasteiger partial charge in [-0.25, -0.2) is 9.98 Å². The van der Waals surface area contributed by atoms with Gasteiger partial charge in [0.2, 0.25) is 0 Å². The van der Waals surface area contributed by atoms with E-state index in [9.17, 15) is 0 Å². The minimum Gasteiger partial charge on any atom is -0.318 e. The lowest BCUT2D eigenvalue weighted by molar-refractivity contribution is 0.691. The van der Waals surface area contributed by atoms with Crippen molar-refractivity contribution < 1.29 is 0 Å². The highest BCUT2D eigenvalue weighted by molar-refractivity contribution is 6.29. The molecular weight excluding hydrogens is 246 g/mol. The van der Waals surface area contributed by atoms with Crippen LogP contribution < -0.4 is 5.49 Å². The average molecular weight is 268 g/mol. The Kier molecular flexibility index (Phi) is 6.13. The van der Waals surface area contributed by atoms with Crippen molar-refractivity contribution in [2.24, 2.45) is 12.0 Å². The van der Waals surface area contributed by atoms with Crippen molar-refractivity contribution in [3.05, 3.63) is 34.3 Å². The van der Waals surface area contributed by atoms with Crippen LogP contribution in [0.2, 0.25) is 5.15 Å². The van der Waals surface area contributed by atoms with E-state index in [2.05, 4.69) is 29.9 Å². The second kappa shape index (κ2) is 7.37. The van der Waals surface area contributed by atoms with Crippen molar-refractivity contribution in [2.75, 3.05) is 0 Å². The summed E-state index contributed by atoms with van der Waals surface area (Å²) in [6, 6.07) is 1.81. The highest BCUT2D eigenvalue weighted by Crippen LogP contribution is 2.05. The molecule has 0 saturated heterocycles. The van der Waals surface area contributed by atoms with E-state index in [0.717, 1.165) is 42.7 Å². The van der Waals surface area contributed by atoms with E-state index in [1.165, 1.54) is 0 Å². The van der Waals surface area contributed by atoms with Gasteiger partial charge in [0, 0.05) is 25.2 Å². The lowest BCUT2D eigenvalue weighted by atomic mass is 10.3. The lowest BCUT2D eigenvalue weighted by Crippen LogP contribution is -2.23. The van der Waals surface area contributed by atoms with Crippen molar-refractivity contribution in [3.63, 3.8) is 0 Å². The molecule has 0 N–H and O–H groups in total. The van der Waals surface area contributed by atoms with Gasteiger partial charge in [0.05, 0.1) is 0 Å². The van der Waals surface area contributed by atoms with Crippen molar-refractivity contribution >= 4 is 11.6 Å². The third-order valence-corrected chi connectivity index (χ3v) is 2.90. The zero-order valence-corrected chi connectivity index (χ0v) is 12.5. The maximum Gasteiger partial charge on any atom is 0.136 e. The fourth-order valence-corrected chi connectivity index (χ4v) is 1.90. The first kappa shape index (κ1) is 15.0. The molecule has 0 aromatic carbocycles. The smallest absolute Gasteiger partial charge is 0.136 e. The molecule has 100 valence electrons. The SMILES string of the molecule is CCC/C=C(\C)N=c1cc(Cl)nc(CCC)n1C. The van der Waals surface area contributed by atoms with Gasteiger partial charge in [-0.2, -0.15) is 0 Å².